The Hall–Kier alpha value is -2.37. The smallest absolute Gasteiger partial charge is 0.337 e. The van der Waals surface area contributed by atoms with Crippen LogP contribution in [-0.2, 0) is 11.3 Å². The molecule has 0 amide bonds. The second kappa shape index (κ2) is 8.83. The molecule has 0 spiro atoms. The van der Waals surface area contributed by atoms with Crippen LogP contribution >= 0.6 is 11.6 Å². The van der Waals surface area contributed by atoms with Crippen molar-refractivity contribution >= 4 is 23.8 Å². The molecule has 0 atom stereocenters. The molecule has 2 aromatic rings. The van der Waals surface area contributed by atoms with Gasteiger partial charge >= 0.3 is 5.97 Å². The topological polar surface area (TPSA) is 46.3 Å². The standard InChI is InChI=1S/C20H22ClN3O2/c1-26-20(25)17-8-6-16(7-9-17)14-22-24-12-10-23(11-13-24)15-18-4-2-3-5-19(18)21/h2-9,14H,10-13,15H2,1H3/p+1/b22-14-. The number of methoxy groups -OCH3 is 1. The summed E-state index contributed by atoms with van der Waals surface area (Å²) in [7, 11) is 1.38. The third kappa shape index (κ3) is 4.84. The van der Waals surface area contributed by atoms with Gasteiger partial charge in [0.15, 0.2) is 0 Å². The largest absolute Gasteiger partial charge is 0.465 e. The van der Waals surface area contributed by atoms with Crippen molar-refractivity contribution in [3.05, 3.63) is 70.2 Å². The second-order valence-electron chi connectivity index (χ2n) is 6.33. The van der Waals surface area contributed by atoms with Crippen molar-refractivity contribution in [2.45, 2.75) is 6.54 Å². The van der Waals surface area contributed by atoms with Crippen molar-refractivity contribution in [3.63, 3.8) is 0 Å². The van der Waals surface area contributed by atoms with Crippen molar-refractivity contribution in [1.82, 2.24) is 5.01 Å². The van der Waals surface area contributed by atoms with Crippen LogP contribution in [0.15, 0.2) is 53.6 Å². The molecule has 1 aliphatic rings. The number of hydrazone groups is 1. The highest BCUT2D eigenvalue weighted by Crippen LogP contribution is 2.13. The van der Waals surface area contributed by atoms with E-state index in [1.54, 1.807) is 12.1 Å². The van der Waals surface area contributed by atoms with E-state index in [-0.39, 0.29) is 5.97 Å². The molecule has 1 saturated heterocycles. The maximum absolute atomic E-state index is 11.4. The molecular formula is C20H23ClN3O2+. The van der Waals surface area contributed by atoms with Gasteiger partial charge in [-0.25, -0.2) is 4.79 Å². The predicted octanol–water partition coefficient (Wildman–Crippen LogP) is 1.86. The zero-order chi connectivity index (χ0) is 18.4. The Balaban J connectivity index is 1.50. The Morgan fingerprint density at radius 3 is 2.54 bits per heavy atom. The highest BCUT2D eigenvalue weighted by molar-refractivity contribution is 6.31. The van der Waals surface area contributed by atoms with Crippen LogP contribution in [-0.4, -0.2) is 50.5 Å². The fourth-order valence-electron chi connectivity index (χ4n) is 2.99. The average molecular weight is 373 g/mol. The van der Waals surface area contributed by atoms with Crippen LogP contribution in [0.2, 0.25) is 5.02 Å². The number of nitrogens with zero attached hydrogens (tertiary/aromatic N) is 2. The van der Waals surface area contributed by atoms with Gasteiger partial charge in [-0.3, -0.25) is 5.01 Å². The van der Waals surface area contributed by atoms with Gasteiger partial charge in [-0.1, -0.05) is 41.9 Å². The Morgan fingerprint density at radius 2 is 1.88 bits per heavy atom. The highest BCUT2D eigenvalue weighted by atomic mass is 35.5. The molecule has 0 saturated carbocycles. The van der Waals surface area contributed by atoms with Crippen LogP contribution in [0, 0.1) is 0 Å². The summed E-state index contributed by atoms with van der Waals surface area (Å²) >= 11 is 6.25. The van der Waals surface area contributed by atoms with E-state index in [0.717, 1.165) is 43.3 Å². The molecule has 2 aromatic carbocycles. The number of halogens is 1. The monoisotopic (exact) mass is 372 g/mol. The summed E-state index contributed by atoms with van der Waals surface area (Å²) in [6, 6.07) is 15.3. The third-order valence-corrected chi connectivity index (χ3v) is 4.92. The van der Waals surface area contributed by atoms with Crippen LogP contribution < -0.4 is 4.90 Å². The molecule has 0 radical (unpaired) electrons. The molecule has 1 N–H and O–H groups in total. The summed E-state index contributed by atoms with van der Waals surface area (Å²) in [5, 5.41) is 7.49. The van der Waals surface area contributed by atoms with Crippen LogP contribution in [0.3, 0.4) is 0 Å². The molecular weight excluding hydrogens is 350 g/mol. The molecule has 0 aromatic heterocycles. The number of ether oxygens (including phenoxy) is 1. The Morgan fingerprint density at radius 1 is 1.19 bits per heavy atom. The molecule has 6 heteroatoms. The molecule has 0 aliphatic carbocycles. The van der Waals surface area contributed by atoms with Gasteiger partial charge in [-0.05, 0) is 23.8 Å². The Bertz CT molecular complexity index is 769. The van der Waals surface area contributed by atoms with Crippen molar-refractivity contribution in [3.8, 4) is 0 Å². The number of carbonyl (C=O) groups is 1. The lowest BCUT2D eigenvalue weighted by Gasteiger charge is -2.30. The molecule has 3 rings (SSSR count). The van der Waals surface area contributed by atoms with E-state index in [0.29, 0.717) is 5.56 Å². The molecule has 26 heavy (non-hydrogen) atoms. The summed E-state index contributed by atoms with van der Waals surface area (Å²) in [5.74, 6) is -0.328. The number of rotatable bonds is 5. The van der Waals surface area contributed by atoms with Crippen molar-refractivity contribution in [1.29, 1.82) is 0 Å². The summed E-state index contributed by atoms with van der Waals surface area (Å²) in [6.07, 6.45) is 1.83. The van der Waals surface area contributed by atoms with E-state index in [2.05, 4.69) is 16.2 Å². The fraction of sp³-hybridized carbons (Fsp3) is 0.300. The van der Waals surface area contributed by atoms with Gasteiger partial charge in [0.1, 0.15) is 6.54 Å². The minimum absolute atomic E-state index is 0.328. The Kier molecular flexibility index (Phi) is 6.26. The van der Waals surface area contributed by atoms with E-state index >= 15 is 0 Å². The van der Waals surface area contributed by atoms with Crippen molar-refractivity contribution < 1.29 is 14.4 Å². The zero-order valence-corrected chi connectivity index (χ0v) is 15.6. The number of carbonyl (C=O) groups excluding carboxylic acids is 1. The summed E-state index contributed by atoms with van der Waals surface area (Å²) in [6.45, 7) is 4.84. The van der Waals surface area contributed by atoms with E-state index in [9.17, 15) is 4.79 Å². The average Bonchev–Trinajstić information content (AvgIpc) is 2.69. The van der Waals surface area contributed by atoms with Crippen LogP contribution in [0.5, 0.6) is 0 Å². The number of hydrogen-bond donors (Lipinski definition) is 1. The van der Waals surface area contributed by atoms with Gasteiger partial charge in [0.2, 0.25) is 0 Å². The van der Waals surface area contributed by atoms with Crippen LogP contribution in [0.25, 0.3) is 0 Å². The van der Waals surface area contributed by atoms with Crippen molar-refractivity contribution in [2.24, 2.45) is 5.10 Å². The first kappa shape index (κ1) is 18.4. The van der Waals surface area contributed by atoms with E-state index in [4.69, 9.17) is 16.3 Å². The van der Waals surface area contributed by atoms with Crippen molar-refractivity contribution in [2.75, 3.05) is 33.3 Å². The minimum atomic E-state index is -0.328. The first-order valence-corrected chi connectivity index (χ1v) is 9.08. The maximum atomic E-state index is 11.4. The van der Waals surface area contributed by atoms with Gasteiger partial charge in [-0.15, -0.1) is 0 Å². The lowest BCUT2D eigenvalue weighted by atomic mass is 10.1. The van der Waals surface area contributed by atoms with Crippen LogP contribution in [0.4, 0.5) is 0 Å². The molecule has 0 unspecified atom stereocenters. The lowest BCUT2D eigenvalue weighted by Crippen LogP contribution is -3.13. The molecule has 1 fully saturated rings. The number of nitrogens with one attached hydrogen (secondary N) is 1. The quantitative estimate of drug-likeness (QED) is 0.643. The highest BCUT2D eigenvalue weighted by Gasteiger charge is 2.19. The SMILES string of the molecule is COC(=O)c1ccc(/C=N\N2CC[NH+](Cc3ccccc3Cl)CC2)cc1. The summed E-state index contributed by atoms with van der Waals surface area (Å²) in [4.78, 5) is 13.0. The first-order valence-electron chi connectivity index (χ1n) is 8.70. The van der Waals surface area contributed by atoms with E-state index in [1.807, 2.05) is 36.5 Å². The maximum Gasteiger partial charge on any atom is 0.337 e. The fourth-order valence-corrected chi connectivity index (χ4v) is 3.19. The number of piperazine rings is 1. The number of quaternary nitrogens is 1. The third-order valence-electron chi connectivity index (χ3n) is 4.55. The number of benzene rings is 2. The Labute approximate surface area is 158 Å². The van der Waals surface area contributed by atoms with Gasteiger partial charge < -0.3 is 9.64 Å². The van der Waals surface area contributed by atoms with Crippen LogP contribution in [0.1, 0.15) is 21.5 Å². The number of hydrogen-bond acceptors (Lipinski definition) is 4. The lowest BCUT2D eigenvalue weighted by molar-refractivity contribution is -0.918. The van der Waals surface area contributed by atoms with Gasteiger partial charge in [0.05, 0.1) is 45.1 Å². The minimum Gasteiger partial charge on any atom is -0.465 e. The van der Waals surface area contributed by atoms with Gasteiger partial charge in [0, 0.05) is 10.6 Å². The molecule has 136 valence electrons. The molecule has 0 bridgehead atoms. The summed E-state index contributed by atoms with van der Waals surface area (Å²) in [5.41, 5.74) is 2.71. The van der Waals surface area contributed by atoms with E-state index < -0.39 is 0 Å². The first-order chi connectivity index (χ1) is 12.7. The molecule has 1 aliphatic heterocycles. The van der Waals surface area contributed by atoms with E-state index in [1.165, 1.54) is 17.6 Å². The van der Waals surface area contributed by atoms with Gasteiger partial charge in [0.25, 0.3) is 0 Å². The molecule has 5 nitrogen and oxygen atoms in total. The summed E-state index contributed by atoms with van der Waals surface area (Å²) < 4.78 is 4.70. The predicted molar refractivity (Wildman–Crippen MR) is 103 cm³/mol. The van der Waals surface area contributed by atoms with Gasteiger partial charge in [-0.2, -0.15) is 5.10 Å². The number of esters is 1. The molecule has 1 heterocycles. The normalized spacial score (nSPS) is 15.4. The second-order valence-corrected chi connectivity index (χ2v) is 6.74. The zero-order valence-electron chi connectivity index (χ0n) is 14.8.